The van der Waals surface area contributed by atoms with Crippen LogP contribution < -0.4 is 10.6 Å². The van der Waals surface area contributed by atoms with Gasteiger partial charge >= 0.3 is 6.03 Å². The number of halogens is 2. The summed E-state index contributed by atoms with van der Waals surface area (Å²) in [5.41, 5.74) is -0.710. The van der Waals surface area contributed by atoms with Crippen LogP contribution in [0.2, 0.25) is 5.02 Å². The van der Waals surface area contributed by atoms with Gasteiger partial charge in [0.15, 0.2) is 0 Å². The molecule has 0 saturated carbocycles. The molecule has 1 aliphatic heterocycles. The summed E-state index contributed by atoms with van der Waals surface area (Å²) < 4.78 is 13.7. The molecule has 1 saturated heterocycles. The van der Waals surface area contributed by atoms with E-state index in [2.05, 4.69) is 10.6 Å². The van der Waals surface area contributed by atoms with Crippen molar-refractivity contribution in [3.8, 4) is 0 Å². The maximum atomic E-state index is 13.7. The number of urea groups is 1. The van der Waals surface area contributed by atoms with Crippen molar-refractivity contribution in [2.24, 2.45) is 0 Å². The first-order chi connectivity index (χ1) is 12.9. The highest BCUT2D eigenvalue weighted by Crippen LogP contribution is 2.33. The number of nitrogens with zero attached hydrogens (tertiary/aromatic N) is 1. The van der Waals surface area contributed by atoms with Crippen LogP contribution in [0.1, 0.15) is 18.9 Å². The molecule has 0 radical (unpaired) electrons. The van der Waals surface area contributed by atoms with Crippen LogP contribution in [0.3, 0.4) is 0 Å². The second-order valence-corrected chi connectivity index (χ2v) is 6.55. The van der Waals surface area contributed by atoms with E-state index in [1.807, 2.05) is 0 Å². The zero-order valence-corrected chi connectivity index (χ0v) is 15.2. The number of imide groups is 1. The van der Waals surface area contributed by atoms with Gasteiger partial charge in [-0.3, -0.25) is 14.5 Å². The van der Waals surface area contributed by atoms with Crippen molar-refractivity contribution in [1.82, 2.24) is 10.2 Å². The number of carbonyl (C=O) groups excluding carboxylic acids is 3. The number of carbonyl (C=O) groups is 3. The third kappa shape index (κ3) is 3.50. The fraction of sp³-hybridized carbons (Fsp3) is 0.211. The summed E-state index contributed by atoms with van der Waals surface area (Å²) in [7, 11) is 0. The van der Waals surface area contributed by atoms with Crippen molar-refractivity contribution in [2.75, 3.05) is 11.9 Å². The Hall–Kier alpha value is -2.93. The number of rotatable bonds is 5. The minimum atomic E-state index is -1.26. The van der Waals surface area contributed by atoms with Gasteiger partial charge in [0, 0.05) is 5.02 Å². The molecule has 0 unspecified atom stereocenters. The Morgan fingerprint density at radius 3 is 2.48 bits per heavy atom. The van der Waals surface area contributed by atoms with Gasteiger partial charge in [0.2, 0.25) is 5.91 Å². The smallest absolute Gasteiger partial charge is 0.322 e. The molecule has 1 aliphatic rings. The van der Waals surface area contributed by atoms with E-state index in [1.54, 1.807) is 37.3 Å². The van der Waals surface area contributed by atoms with E-state index >= 15 is 0 Å². The van der Waals surface area contributed by atoms with E-state index in [9.17, 15) is 18.8 Å². The highest BCUT2D eigenvalue weighted by molar-refractivity contribution is 6.30. The first-order valence-corrected chi connectivity index (χ1v) is 8.69. The van der Waals surface area contributed by atoms with Crippen LogP contribution in [0.25, 0.3) is 0 Å². The third-order valence-corrected chi connectivity index (χ3v) is 4.74. The summed E-state index contributed by atoms with van der Waals surface area (Å²) in [6.45, 7) is 1.24. The van der Waals surface area contributed by atoms with Crippen LogP contribution >= 0.6 is 11.6 Å². The van der Waals surface area contributed by atoms with Gasteiger partial charge < -0.3 is 10.6 Å². The number of amides is 4. The lowest BCUT2D eigenvalue weighted by atomic mass is 9.87. The minimum absolute atomic E-state index is 0.0194. The van der Waals surface area contributed by atoms with Crippen LogP contribution in [0.4, 0.5) is 14.9 Å². The van der Waals surface area contributed by atoms with E-state index in [1.165, 1.54) is 18.2 Å². The van der Waals surface area contributed by atoms with Gasteiger partial charge in [-0.1, -0.05) is 42.8 Å². The molecule has 2 aromatic rings. The SMILES string of the molecule is CC[C@]1(c2ccc(Cl)cc2)NC(=O)N(CC(=O)Nc2ccccc2F)C1=O. The predicted molar refractivity (Wildman–Crippen MR) is 98.7 cm³/mol. The van der Waals surface area contributed by atoms with Crippen LogP contribution in [0.5, 0.6) is 0 Å². The number of anilines is 1. The van der Waals surface area contributed by atoms with Gasteiger partial charge in [0.1, 0.15) is 17.9 Å². The molecule has 27 heavy (non-hydrogen) atoms. The van der Waals surface area contributed by atoms with Crippen molar-refractivity contribution >= 4 is 35.1 Å². The van der Waals surface area contributed by atoms with Gasteiger partial charge in [0.25, 0.3) is 5.91 Å². The Balaban J connectivity index is 1.80. The second-order valence-electron chi connectivity index (χ2n) is 6.12. The van der Waals surface area contributed by atoms with Crippen molar-refractivity contribution < 1.29 is 18.8 Å². The molecule has 0 aliphatic carbocycles. The number of hydrogen-bond donors (Lipinski definition) is 2. The Morgan fingerprint density at radius 2 is 1.85 bits per heavy atom. The molecule has 1 atom stereocenters. The van der Waals surface area contributed by atoms with Crippen molar-refractivity contribution in [3.05, 3.63) is 64.9 Å². The molecule has 4 amide bonds. The highest BCUT2D eigenvalue weighted by Gasteiger charge is 2.51. The molecule has 0 bridgehead atoms. The summed E-state index contributed by atoms with van der Waals surface area (Å²) in [5.74, 6) is -1.82. The Bertz CT molecular complexity index is 903. The van der Waals surface area contributed by atoms with Crippen molar-refractivity contribution in [1.29, 1.82) is 0 Å². The van der Waals surface area contributed by atoms with E-state index in [0.717, 1.165) is 4.90 Å². The molecule has 1 fully saturated rings. The predicted octanol–water partition coefficient (Wildman–Crippen LogP) is 3.27. The maximum Gasteiger partial charge on any atom is 0.325 e. The maximum absolute atomic E-state index is 13.7. The van der Waals surface area contributed by atoms with Crippen molar-refractivity contribution in [3.63, 3.8) is 0 Å². The lowest BCUT2D eigenvalue weighted by Gasteiger charge is -2.25. The topological polar surface area (TPSA) is 78.5 Å². The average Bonchev–Trinajstić information content (AvgIpc) is 2.89. The standard InChI is InChI=1S/C19H17ClFN3O3/c1-2-19(12-7-9-13(20)10-8-12)17(26)24(18(27)23-19)11-16(25)22-15-6-4-3-5-14(15)21/h3-10H,2,11H2,1H3,(H,22,25)(H,23,27)/t19-/m1/s1. The third-order valence-electron chi connectivity index (χ3n) is 4.49. The van der Waals surface area contributed by atoms with Gasteiger partial charge in [-0.15, -0.1) is 0 Å². The molecule has 0 aromatic heterocycles. The Morgan fingerprint density at radius 1 is 1.19 bits per heavy atom. The van der Waals surface area contributed by atoms with Crippen molar-refractivity contribution in [2.45, 2.75) is 18.9 Å². The van der Waals surface area contributed by atoms with Crippen LogP contribution in [0.15, 0.2) is 48.5 Å². The van der Waals surface area contributed by atoms with E-state index in [0.29, 0.717) is 17.0 Å². The number of benzene rings is 2. The molecule has 2 N–H and O–H groups in total. The summed E-state index contributed by atoms with van der Waals surface area (Å²) in [5, 5.41) is 5.54. The largest absolute Gasteiger partial charge is 0.325 e. The molecular weight excluding hydrogens is 373 g/mol. The molecule has 1 heterocycles. The van der Waals surface area contributed by atoms with Crippen LogP contribution in [-0.2, 0) is 15.1 Å². The average molecular weight is 390 g/mol. The van der Waals surface area contributed by atoms with Gasteiger partial charge in [-0.05, 0) is 36.2 Å². The van der Waals surface area contributed by atoms with Gasteiger partial charge in [-0.2, -0.15) is 0 Å². The van der Waals surface area contributed by atoms with Gasteiger partial charge in [0.05, 0.1) is 5.69 Å². The fourth-order valence-corrected chi connectivity index (χ4v) is 3.17. The zero-order valence-electron chi connectivity index (χ0n) is 14.5. The summed E-state index contributed by atoms with van der Waals surface area (Å²) >= 11 is 5.89. The summed E-state index contributed by atoms with van der Waals surface area (Å²) in [6, 6.07) is 11.5. The first-order valence-electron chi connectivity index (χ1n) is 8.32. The fourth-order valence-electron chi connectivity index (χ4n) is 3.04. The number of nitrogens with one attached hydrogen (secondary N) is 2. The Labute approximate surface area is 160 Å². The molecule has 3 rings (SSSR count). The lowest BCUT2D eigenvalue weighted by Crippen LogP contribution is -2.44. The zero-order chi connectivity index (χ0) is 19.6. The first kappa shape index (κ1) is 18.8. The number of para-hydroxylation sites is 1. The van der Waals surface area contributed by atoms with E-state index in [4.69, 9.17) is 11.6 Å². The number of hydrogen-bond acceptors (Lipinski definition) is 3. The quantitative estimate of drug-likeness (QED) is 0.770. The highest BCUT2D eigenvalue weighted by atomic mass is 35.5. The molecule has 6 nitrogen and oxygen atoms in total. The van der Waals surface area contributed by atoms with E-state index in [-0.39, 0.29) is 5.69 Å². The normalized spacial score (nSPS) is 19.1. The van der Waals surface area contributed by atoms with Gasteiger partial charge in [-0.25, -0.2) is 9.18 Å². The summed E-state index contributed by atoms with van der Waals surface area (Å²) in [6.07, 6.45) is 0.296. The minimum Gasteiger partial charge on any atom is -0.322 e. The molecule has 140 valence electrons. The molecule has 0 spiro atoms. The molecular formula is C19H17ClFN3O3. The Kier molecular flexibility index (Phi) is 5.14. The second kappa shape index (κ2) is 7.36. The molecule has 8 heteroatoms. The monoisotopic (exact) mass is 389 g/mol. The summed E-state index contributed by atoms with van der Waals surface area (Å²) in [4.78, 5) is 38.4. The molecule has 2 aromatic carbocycles. The van der Waals surface area contributed by atoms with E-state index < -0.39 is 35.7 Å². The van der Waals surface area contributed by atoms with Crippen LogP contribution in [-0.4, -0.2) is 29.3 Å². The van der Waals surface area contributed by atoms with Crippen LogP contribution in [0, 0.1) is 5.82 Å². The lowest BCUT2D eigenvalue weighted by molar-refractivity contribution is -0.134.